The summed E-state index contributed by atoms with van der Waals surface area (Å²) in [5.41, 5.74) is -1.08. The molecule has 0 bridgehead atoms. The molecule has 2 rings (SSSR count). The Balaban J connectivity index is 2.37. The van der Waals surface area contributed by atoms with Crippen LogP contribution in [0, 0.1) is 0 Å². The highest BCUT2D eigenvalue weighted by Gasteiger charge is 2.48. The van der Waals surface area contributed by atoms with Crippen molar-refractivity contribution in [3.63, 3.8) is 0 Å². The smallest absolute Gasteiger partial charge is 0.205 e. The first-order valence-electron chi connectivity index (χ1n) is 9.78. The molecule has 6 nitrogen and oxygen atoms in total. The van der Waals surface area contributed by atoms with E-state index in [0.29, 0.717) is 6.61 Å². The number of sulfone groups is 1. The van der Waals surface area contributed by atoms with Crippen molar-refractivity contribution in [2.75, 3.05) is 13.2 Å². The molecule has 8 heteroatoms. The predicted molar refractivity (Wildman–Crippen MR) is 111 cm³/mol. The zero-order valence-corrected chi connectivity index (χ0v) is 19.5. The third kappa shape index (κ3) is 5.04. The maximum absolute atomic E-state index is 13.1. The van der Waals surface area contributed by atoms with Crippen molar-refractivity contribution in [1.29, 1.82) is 0 Å². The van der Waals surface area contributed by atoms with Crippen LogP contribution in [0.5, 0.6) is 0 Å². The molecule has 0 radical (unpaired) electrons. The topological polar surface area (TPSA) is 82.1 Å². The van der Waals surface area contributed by atoms with Crippen molar-refractivity contribution in [1.82, 2.24) is 0 Å². The Kier molecular flexibility index (Phi) is 7.50. The molecule has 1 aromatic carbocycles. The van der Waals surface area contributed by atoms with Gasteiger partial charge in [-0.05, 0) is 37.2 Å². The van der Waals surface area contributed by atoms with Crippen LogP contribution in [0.25, 0.3) is 0 Å². The molecule has 1 N–H and O–H groups in total. The minimum Gasteiger partial charge on any atom is -0.411 e. The standard InChI is InChI=1S/C20H34O6SSi/c1-7-24-19-16(26-28(5,6)20(2,3)4)13-18(25-17(19)14-21)27(22,23)15-11-9-8-10-12-15/h8-12,16-19,21H,7,13-14H2,1-6H3/t16-,17-,18+,19+/m1/s1. The van der Waals surface area contributed by atoms with Crippen molar-refractivity contribution in [3.05, 3.63) is 30.3 Å². The van der Waals surface area contributed by atoms with E-state index in [9.17, 15) is 13.5 Å². The van der Waals surface area contributed by atoms with Gasteiger partial charge in [0, 0.05) is 13.0 Å². The second-order valence-corrected chi connectivity index (χ2v) is 15.6. The van der Waals surface area contributed by atoms with Crippen LogP contribution in [0.3, 0.4) is 0 Å². The molecule has 0 aliphatic carbocycles. The summed E-state index contributed by atoms with van der Waals surface area (Å²) in [5.74, 6) is 0. The highest BCUT2D eigenvalue weighted by molar-refractivity contribution is 7.92. The minimum absolute atomic E-state index is 0.0371. The zero-order valence-electron chi connectivity index (χ0n) is 17.7. The maximum atomic E-state index is 13.1. The fourth-order valence-electron chi connectivity index (χ4n) is 3.08. The van der Waals surface area contributed by atoms with Gasteiger partial charge in [-0.15, -0.1) is 0 Å². The molecular formula is C20H34O6SSi. The molecule has 4 atom stereocenters. The maximum Gasteiger partial charge on any atom is 0.205 e. The molecule has 0 spiro atoms. The summed E-state index contributed by atoms with van der Waals surface area (Å²) >= 11 is 0. The molecule has 1 aliphatic heterocycles. The Bertz CT molecular complexity index is 729. The van der Waals surface area contributed by atoms with Crippen LogP contribution >= 0.6 is 0 Å². The van der Waals surface area contributed by atoms with Crippen molar-refractivity contribution in [3.8, 4) is 0 Å². The van der Waals surface area contributed by atoms with Gasteiger partial charge in [-0.1, -0.05) is 39.0 Å². The Hall–Kier alpha value is -0.773. The zero-order chi connectivity index (χ0) is 21.2. The third-order valence-electron chi connectivity index (χ3n) is 5.69. The molecule has 28 heavy (non-hydrogen) atoms. The summed E-state index contributed by atoms with van der Waals surface area (Å²) in [7, 11) is -5.91. The van der Waals surface area contributed by atoms with Gasteiger partial charge in [0.2, 0.25) is 9.84 Å². The largest absolute Gasteiger partial charge is 0.411 e. The lowest BCUT2D eigenvalue weighted by molar-refractivity contribution is -0.174. The van der Waals surface area contributed by atoms with Crippen LogP contribution in [-0.2, 0) is 23.7 Å². The number of hydrogen-bond acceptors (Lipinski definition) is 6. The van der Waals surface area contributed by atoms with Crippen molar-refractivity contribution < 1.29 is 27.4 Å². The fourth-order valence-corrected chi connectivity index (χ4v) is 5.99. The summed E-state index contributed by atoms with van der Waals surface area (Å²) in [4.78, 5) is 0.206. The fraction of sp³-hybridized carbons (Fsp3) is 0.700. The van der Waals surface area contributed by atoms with Gasteiger partial charge in [0.05, 0.1) is 17.6 Å². The van der Waals surface area contributed by atoms with E-state index in [1.807, 2.05) is 6.92 Å². The van der Waals surface area contributed by atoms with E-state index in [1.165, 1.54) is 0 Å². The van der Waals surface area contributed by atoms with Gasteiger partial charge in [0.1, 0.15) is 12.2 Å². The predicted octanol–water partition coefficient (Wildman–Crippen LogP) is 3.36. The number of benzene rings is 1. The van der Waals surface area contributed by atoms with Gasteiger partial charge in [-0.2, -0.15) is 0 Å². The first kappa shape index (κ1) is 23.5. The van der Waals surface area contributed by atoms with Crippen molar-refractivity contribution in [2.45, 2.75) is 80.9 Å². The lowest BCUT2D eigenvalue weighted by Crippen LogP contribution is -2.57. The van der Waals surface area contributed by atoms with Crippen LogP contribution < -0.4 is 0 Å². The molecule has 1 saturated heterocycles. The molecule has 1 aliphatic rings. The Morgan fingerprint density at radius 1 is 1.21 bits per heavy atom. The SMILES string of the molecule is CCO[C@@H]1[C@@H](CO)O[C@@H](S(=O)(=O)c2ccccc2)C[C@H]1O[Si](C)(C)C(C)(C)C. The number of aliphatic hydroxyl groups is 1. The molecule has 1 heterocycles. The molecule has 0 unspecified atom stereocenters. The van der Waals surface area contributed by atoms with Gasteiger partial charge >= 0.3 is 0 Å². The molecular weight excluding hydrogens is 396 g/mol. The number of rotatable bonds is 7. The quantitative estimate of drug-likeness (QED) is 0.668. The van der Waals surface area contributed by atoms with Crippen molar-refractivity contribution in [2.24, 2.45) is 0 Å². The Labute approximate surface area is 170 Å². The van der Waals surface area contributed by atoms with E-state index in [4.69, 9.17) is 13.9 Å². The summed E-state index contributed by atoms with van der Waals surface area (Å²) < 4.78 is 44.5. The number of ether oxygens (including phenoxy) is 2. The lowest BCUT2D eigenvalue weighted by atomic mass is 10.0. The Morgan fingerprint density at radius 3 is 2.32 bits per heavy atom. The molecule has 1 aromatic rings. The Morgan fingerprint density at radius 2 is 1.82 bits per heavy atom. The molecule has 0 amide bonds. The van der Waals surface area contributed by atoms with Gasteiger partial charge in [0.25, 0.3) is 0 Å². The van der Waals surface area contributed by atoms with E-state index in [2.05, 4.69) is 33.9 Å². The highest BCUT2D eigenvalue weighted by Crippen LogP contribution is 2.40. The summed E-state index contributed by atoms with van der Waals surface area (Å²) in [6, 6.07) is 8.26. The summed E-state index contributed by atoms with van der Waals surface area (Å²) in [5, 5.41) is 9.84. The van der Waals surface area contributed by atoms with E-state index < -0.39 is 41.9 Å². The molecule has 0 saturated carbocycles. The van der Waals surface area contributed by atoms with Crippen LogP contribution in [0.4, 0.5) is 0 Å². The molecule has 160 valence electrons. The summed E-state index contributed by atoms with van der Waals surface area (Å²) in [6.07, 6.45) is -1.56. The van der Waals surface area contributed by atoms with Crippen molar-refractivity contribution >= 4 is 18.2 Å². The number of hydrogen-bond donors (Lipinski definition) is 1. The molecule has 1 fully saturated rings. The average Bonchev–Trinajstić information content (AvgIpc) is 2.62. The van der Waals surface area contributed by atoms with Gasteiger partial charge in [-0.25, -0.2) is 8.42 Å². The second-order valence-electron chi connectivity index (χ2n) is 8.72. The average molecular weight is 431 g/mol. The second kappa shape index (κ2) is 8.93. The van der Waals surface area contributed by atoms with Gasteiger partial charge < -0.3 is 19.0 Å². The lowest BCUT2D eigenvalue weighted by Gasteiger charge is -2.46. The summed E-state index contributed by atoms with van der Waals surface area (Å²) in [6.45, 7) is 12.6. The van der Waals surface area contributed by atoms with Gasteiger partial charge in [0.15, 0.2) is 13.8 Å². The number of aliphatic hydroxyl groups excluding tert-OH is 1. The first-order chi connectivity index (χ1) is 12.9. The highest BCUT2D eigenvalue weighted by atomic mass is 32.2. The van der Waals surface area contributed by atoms with E-state index >= 15 is 0 Å². The first-order valence-corrected chi connectivity index (χ1v) is 14.2. The molecule has 0 aromatic heterocycles. The van der Waals surface area contributed by atoms with Gasteiger partial charge in [-0.3, -0.25) is 0 Å². The van der Waals surface area contributed by atoms with Crippen LogP contribution in [0.2, 0.25) is 18.1 Å². The van der Waals surface area contributed by atoms with E-state index in [-0.39, 0.29) is 23.0 Å². The van der Waals surface area contributed by atoms with E-state index in [1.54, 1.807) is 30.3 Å². The van der Waals surface area contributed by atoms with E-state index in [0.717, 1.165) is 0 Å². The monoisotopic (exact) mass is 430 g/mol. The minimum atomic E-state index is -3.72. The third-order valence-corrected chi connectivity index (χ3v) is 12.1. The van der Waals surface area contributed by atoms with Crippen LogP contribution in [0.1, 0.15) is 34.1 Å². The normalized spacial score (nSPS) is 27.0. The van der Waals surface area contributed by atoms with Crippen LogP contribution in [0.15, 0.2) is 35.2 Å². The van der Waals surface area contributed by atoms with Crippen LogP contribution in [-0.4, -0.2) is 58.8 Å².